The number of nitrogens with zero attached hydrogens (tertiary/aromatic N) is 5. The van der Waals surface area contributed by atoms with E-state index in [0.717, 1.165) is 75.6 Å². The van der Waals surface area contributed by atoms with Crippen LogP contribution in [0.2, 0.25) is 0 Å². The molecule has 1 fully saturated rings. The monoisotopic (exact) mass is 606 g/mol. The van der Waals surface area contributed by atoms with Gasteiger partial charge in [0.1, 0.15) is 12.7 Å². The molecule has 9 heteroatoms. The van der Waals surface area contributed by atoms with E-state index in [4.69, 9.17) is 10.5 Å². The fourth-order valence-corrected chi connectivity index (χ4v) is 5.91. The van der Waals surface area contributed by atoms with E-state index < -0.39 is 0 Å². The van der Waals surface area contributed by atoms with E-state index >= 15 is 0 Å². The van der Waals surface area contributed by atoms with Crippen LogP contribution in [0.25, 0.3) is 0 Å². The molecule has 226 valence electrons. The number of ether oxygens (including phenoxy) is 1. The first-order valence-electron chi connectivity index (χ1n) is 14.6. The van der Waals surface area contributed by atoms with Crippen molar-refractivity contribution in [2.24, 2.45) is 10.7 Å². The van der Waals surface area contributed by atoms with E-state index in [0.29, 0.717) is 12.2 Å². The Bertz CT molecular complexity index is 1310. The van der Waals surface area contributed by atoms with Crippen LogP contribution in [0.5, 0.6) is 0 Å². The molecule has 2 aromatic rings. The Hall–Kier alpha value is -2.85. The number of aromatic nitrogens is 4. The molecule has 2 aromatic heterocycles. The van der Waals surface area contributed by atoms with Crippen molar-refractivity contribution in [2.45, 2.75) is 98.5 Å². The van der Waals surface area contributed by atoms with Crippen molar-refractivity contribution in [2.75, 3.05) is 5.75 Å². The normalized spacial score (nSPS) is 18.0. The summed E-state index contributed by atoms with van der Waals surface area (Å²) in [7, 11) is 2.69. The van der Waals surface area contributed by atoms with Crippen LogP contribution in [-0.2, 0) is 10.5 Å². The van der Waals surface area contributed by atoms with Crippen LogP contribution in [0.15, 0.2) is 64.2 Å². The van der Waals surface area contributed by atoms with Gasteiger partial charge in [0.25, 0.3) is 0 Å². The van der Waals surface area contributed by atoms with Gasteiger partial charge in [0.15, 0.2) is 0 Å². The SMILES string of the molecule is CC=N/C(C)=C(C(/C#Cc1cncnc1)=C\CCC)\C(N)=C(/C)CC.Cc1ncnc(P)c1CSCC1CCC(C)O1. The minimum atomic E-state index is 0.438. The molecule has 2 N–H and O–H groups in total. The third kappa shape index (κ3) is 11.8. The van der Waals surface area contributed by atoms with Crippen LogP contribution in [0, 0.1) is 18.8 Å². The first-order chi connectivity index (χ1) is 20.2. The third-order valence-corrected chi connectivity index (χ3v) is 8.41. The summed E-state index contributed by atoms with van der Waals surface area (Å²) in [6, 6.07) is 0. The van der Waals surface area contributed by atoms with Crippen molar-refractivity contribution in [3.63, 3.8) is 0 Å². The molecule has 3 atom stereocenters. The number of aryl methyl sites for hydroxylation is 1. The lowest BCUT2D eigenvalue weighted by Gasteiger charge is -2.13. The molecule has 3 rings (SSSR count). The van der Waals surface area contributed by atoms with Crippen molar-refractivity contribution < 1.29 is 4.74 Å². The van der Waals surface area contributed by atoms with Gasteiger partial charge in [-0.2, -0.15) is 11.8 Å². The van der Waals surface area contributed by atoms with Gasteiger partial charge in [-0.05, 0) is 65.9 Å². The Morgan fingerprint density at radius 2 is 1.93 bits per heavy atom. The first kappa shape index (κ1) is 35.3. The van der Waals surface area contributed by atoms with E-state index in [1.54, 1.807) is 24.9 Å². The molecular formula is C33H47N6OPS. The summed E-state index contributed by atoms with van der Waals surface area (Å²) < 4.78 is 5.80. The Kier molecular flexibility index (Phi) is 16.3. The summed E-state index contributed by atoms with van der Waals surface area (Å²) in [5.41, 5.74) is 15.1. The first-order valence-corrected chi connectivity index (χ1v) is 16.4. The zero-order valence-corrected chi connectivity index (χ0v) is 28.2. The molecule has 1 aliphatic heterocycles. The zero-order chi connectivity index (χ0) is 30.9. The molecule has 0 amide bonds. The molecule has 3 unspecified atom stereocenters. The van der Waals surface area contributed by atoms with Gasteiger partial charge in [0.05, 0.1) is 23.2 Å². The second-order valence-electron chi connectivity index (χ2n) is 10.2. The van der Waals surface area contributed by atoms with Crippen molar-refractivity contribution in [3.8, 4) is 11.8 Å². The van der Waals surface area contributed by atoms with Crippen LogP contribution in [0.4, 0.5) is 0 Å². The molecule has 42 heavy (non-hydrogen) atoms. The Balaban J connectivity index is 0.000000314. The van der Waals surface area contributed by atoms with Crippen LogP contribution in [-0.4, -0.2) is 44.1 Å². The largest absolute Gasteiger partial charge is 0.398 e. The second-order valence-corrected chi connectivity index (χ2v) is 11.7. The number of thioether (sulfide) groups is 1. The van der Waals surface area contributed by atoms with E-state index in [-0.39, 0.29) is 0 Å². The number of hydrogen-bond donors (Lipinski definition) is 1. The highest BCUT2D eigenvalue weighted by Crippen LogP contribution is 2.26. The molecule has 0 bridgehead atoms. The lowest BCUT2D eigenvalue weighted by atomic mass is 9.96. The Morgan fingerprint density at radius 1 is 1.19 bits per heavy atom. The average molecular weight is 607 g/mol. The summed E-state index contributed by atoms with van der Waals surface area (Å²) in [4.78, 5) is 20.9. The molecule has 7 nitrogen and oxygen atoms in total. The molecular weight excluding hydrogens is 559 g/mol. The highest BCUT2D eigenvalue weighted by Gasteiger charge is 2.21. The van der Waals surface area contributed by atoms with E-state index in [1.165, 1.54) is 24.7 Å². The summed E-state index contributed by atoms with van der Waals surface area (Å²) in [5, 5.41) is 0. The number of aliphatic imine (C=N–C) groups is 1. The van der Waals surface area contributed by atoms with Crippen molar-refractivity contribution >= 4 is 32.7 Å². The minimum absolute atomic E-state index is 0.438. The summed E-state index contributed by atoms with van der Waals surface area (Å²) in [6.07, 6.45) is 16.6. The highest BCUT2D eigenvalue weighted by molar-refractivity contribution is 7.98. The van der Waals surface area contributed by atoms with Crippen LogP contribution in [0.1, 0.15) is 90.5 Å². The molecule has 0 radical (unpaired) electrons. The predicted molar refractivity (Wildman–Crippen MR) is 182 cm³/mol. The molecule has 1 aliphatic rings. The van der Waals surface area contributed by atoms with Gasteiger partial charge in [0, 0.05) is 63.9 Å². The summed E-state index contributed by atoms with van der Waals surface area (Å²) in [6.45, 7) is 14.4. The molecule has 0 spiro atoms. The lowest BCUT2D eigenvalue weighted by Crippen LogP contribution is -2.13. The van der Waals surface area contributed by atoms with Crippen molar-refractivity contribution in [1.29, 1.82) is 0 Å². The van der Waals surface area contributed by atoms with Crippen LogP contribution < -0.4 is 11.2 Å². The Labute approximate surface area is 259 Å². The fraction of sp³-hybridized carbons (Fsp3) is 0.485. The molecule has 0 saturated carbocycles. The fourth-order valence-electron chi connectivity index (χ4n) is 4.20. The lowest BCUT2D eigenvalue weighted by molar-refractivity contribution is 0.0700. The number of rotatable bonds is 10. The van der Waals surface area contributed by atoms with Crippen molar-refractivity contribution in [1.82, 2.24) is 19.9 Å². The standard InChI is InChI=1S/C21H28N4.C12H19N2OPS/c1-6-9-10-19(12-11-18-13-23-15-24-14-18)20(17(5)25-8-3)21(22)16(4)7-2;1-8-3-4-10(15-8)5-17-6-11-9(2)13-7-14-12(11)16/h8,10,13-15H,6-7,9,22H2,1-5H3;7-8,10H,3-6,16H2,1-2H3/b19-10-,20-17-,21-16-,25-8?;. The van der Waals surface area contributed by atoms with Gasteiger partial charge in [-0.15, -0.1) is 0 Å². The van der Waals surface area contributed by atoms with Crippen LogP contribution in [0.3, 0.4) is 0 Å². The number of allylic oxidation sites excluding steroid dienone is 4. The topological polar surface area (TPSA) is 99.2 Å². The average Bonchev–Trinajstić information content (AvgIpc) is 3.41. The maximum absolute atomic E-state index is 6.46. The minimum Gasteiger partial charge on any atom is -0.398 e. The Morgan fingerprint density at radius 3 is 2.52 bits per heavy atom. The second kappa shape index (κ2) is 19.4. The van der Waals surface area contributed by atoms with Gasteiger partial charge in [-0.25, -0.2) is 19.9 Å². The molecule has 0 aliphatic carbocycles. The summed E-state index contributed by atoms with van der Waals surface area (Å²) in [5.74, 6) is 8.43. The number of hydrogen-bond acceptors (Lipinski definition) is 8. The van der Waals surface area contributed by atoms with Gasteiger partial charge >= 0.3 is 0 Å². The van der Waals surface area contributed by atoms with Gasteiger partial charge < -0.3 is 10.5 Å². The van der Waals surface area contributed by atoms with Gasteiger partial charge in [-0.3, -0.25) is 4.99 Å². The maximum atomic E-state index is 6.46. The predicted octanol–water partition coefficient (Wildman–Crippen LogP) is 6.65. The maximum Gasteiger partial charge on any atom is 0.116 e. The number of nitrogens with two attached hydrogens (primary N) is 1. The van der Waals surface area contributed by atoms with E-state index in [2.05, 4.69) is 72.9 Å². The smallest absolute Gasteiger partial charge is 0.116 e. The quantitative estimate of drug-likeness (QED) is 0.140. The van der Waals surface area contributed by atoms with Crippen LogP contribution >= 0.6 is 21.0 Å². The van der Waals surface area contributed by atoms with E-state index in [9.17, 15) is 0 Å². The third-order valence-electron chi connectivity index (χ3n) is 6.82. The van der Waals surface area contributed by atoms with Gasteiger partial charge in [0.2, 0.25) is 0 Å². The van der Waals surface area contributed by atoms with Crippen molar-refractivity contribution in [3.05, 3.63) is 76.1 Å². The highest BCUT2D eigenvalue weighted by atomic mass is 32.2. The molecule has 0 aromatic carbocycles. The van der Waals surface area contributed by atoms with Gasteiger partial charge in [-0.1, -0.05) is 47.4 Å². The van der Waals surface area contributed by atoms with E-state index in [1.807, 2.05) is 39.5 Å². The molecule has 3 heterocycles. The molecule has 1 saturated heterocycles. The zero-order valence-electron chi connectivity index (χ0n) is 26.3. The number of unbranched alkanes of at least 4 members (excludes halogenated alkanes) is 1. The summed E-state index contributed by atoms with van der Waals surface area (Å²) >= 11 is 1.92.